The zero-order chi connectivity index (χ0) is 15.6. The van der Waals surface area contributed by atoms with Gasteiger partial charge in [-0.15, -0.1) is 0 Å². The van der Waals surface area contributed by atoms with Crippen LogP contribution in [-0.4, -0.2) is 53.3 Å². The van der Waals surface area contributed by atoms with Crippen molar-refractivity contribution in [2.24, 2.45) is 5.92 Å². The van der Waals surface area contributed by atoms with Crippen molar-refractivity contribution in [3.05, 3.63) is 0 Å². The van der Waals surface area contributed by atoms with Gasteiger partial charge in [0.25, 0.3) is 10.2 Å². The van der Waals surface area contributed by atoms with Gasteiger partial charge in [-0.2, -0.15) is 17.0 Å². The van der Waals surface area contributed by atoms with Gasteiger partial charge in [-0.05, 0) is 39.5 Å². The van der Waals surface area contributed by atoms with Crippen LogP contribution in [0.15, 0.2) is 0 Å². The van der Waals surface area contributed by atoms with E-state index in [0.717, 1.165) is 12.8 Å². The average molecular weight is 306 g/mol. The Hall–Kier alpha value is -0.660. The zero-order valence-corrected chi connectivity index (χ0v) is 13.6. The first-order chi connectivity index (χ1) is 9.05. The highest BCUT2D eigenvalue weighted by molar-refractivity contribution is 7.86. The smallest absolute Gasteiger partial charge is 0.304 e. The zero-order valence-electron chi connectivity index (χ0n) is 12.8. The van der Waals surface area contributed by atoms with Crippen LogP contribution in [0.2, 0.25) is 0 Å². The summed E-state index contributed by atoms with van der Waals surface area (Å²) in [5.41, 5.74) is -0.628. The van der Waals surface area contributed by atoms with Crippen molar-refractivity contribution in [1.29, 1.82) is 0 Å². The van der Waals surface area contributed by atoms with Gasteiger partial charge in [0.05, 0.1) is 6.42 Å². The molecule has 1 aliphatic rings. The fourth-order valence-corrected chi connectivity index (χ4v) is 4.31. The van der Waals surface area contributed by atoms with Crippen LogP contribution in [0.25, 0.3) is 0 Å². The summed E-state index contributed by atoms with van der Waals surface area (Å²) < 4.78 is 28.2. The number of hydrogen-bond acceptors (Lipinski definition) is 3. The number of piperidine rings is 1. The second-order valence-electron chi connectivity index (χ2n) is 6.48. The maximum absolute atomic E-state index is 12.7. The molecule has 0 unspecified atom stereocenters. The Morgan fingerprint density at radius 1 is 1.30 bits per heavy atom. The Morgan fingerprint density at radius 2 is 1.80 bits per heavy atom. The molecule has 6 nitrogen and oxygen atoms in total. The molecule has 0 bridgehead atoms. The summed E-state index contributed by atoms with van der Waals surface area (Å²) in [5, 5.41) is 8.80. The standard InChI is InChI=1S/C13H26N2O4S/c1-11-5-8-14(9-6-11)20(18,19)15(13(2,3)4)10-7-12(16)17/h11H,5-10H2,1-4H3,(H,16,17). The summed E-state index contributed by atoms with van der Waals surface area (Å²) in [6, 6.07) is 0. The number of hydrogen-bond donors (Lipinski definition) is 1. The third-order valence-electron chi connectivity index (χ3n) is 3.62. The molecule has 1 heterocycles. The minimum Gasteiger partial charge on any atom is -0.481 e. The summed E-state index contributed by atoms with van der Waals surface area (Å²) in [6.07, 6.45) is 1.53. The lowest BCUT2D eigenvalue weighted by Gasteiger charge is -2.39. The van der Waals surface area contributed by atoms with Crippen LogP contribution in [-0.2, 0) is 15.0 Å². The van der Waals surface area contributed by atoms with E-state index < -0.39 is 21.7 Å². The molecule has 0 aliphatic carbocycles. The molecule has 1 fully saturated rings. The highest BCUT2D eigenvalue weighted by atomic mass is 32.2. The molecule has 0 aromatic carbocycles. The number of aliphatic carboxylic acids is 1. The number of carboxylic acid groups (broad SMARTS) is 1. The molecule has 1 aliphatic heterocycles. The molecule has 20 heavy (non-hydrogen) atoms. The fourth-order valence-electron chi connectivity index (χ4n) is 2.35. The van der Waals surface area contributed by atoms with Crippen molar-refractivity contribution < 1.29 is 18.3 Å². The van der Waals surface area contributed by atoms with Gasteiger partial charge >= 0.3 is 5.97 Å². The van der Waals surface area contributed by atoms with Crippen LogP contribution >= 0.6 is 0 Å². The van der Waals surface area contributed by atoms with Gasteiger partial charge in [-0.3, -0.25) is 4.79 Å². The van der Waals surface area contributed by atoms with Crippen molar-refractivity contribution in [2.45, 2.75) is 52.5 Å². The topological polar surface area (TPSA) is 77.9 Å². The largest absolute Gasteiger partial charge is 0.481 e. The average Bonchev–Trinajstić information content (AvgIpc) is 2.26. The second kappa shape index (κ2) is 6.41. The molecule has 1 saturated heterocycles. The van der Waals surface area contributed by atoms with E-state index in [1.807, 2.05) is 0 Å². The fraction of sp³-hybridized carbons (Fsp3) is 0.923. The Bertz CT molecular complexity index is 434. The summed E-state index contributed by atoms with van der Waals surface area (Å²) in [6.45, 7) is 8.53. The van der Waals surface area contributed by atoms with Crippen LogP contribution in [0, 0.1) is 5.92 Å². The summed E-state index contributed by atoms with van der Waals surface area (Å²) >= 11 is 0. The quantitative estimate of drug-likeness (QED) is 0.835. The van der Waals surface area contributed by atoms with Crippen molar-refractivity contribution in [2.75, 3.05) is 19.6 Å². The van der Waals surface area contributed by atoms with Gasteiger partial charge in [-0.1, -0.05) is 6.92 Å². The van der Waals surface area contributed by atoms with Gasteiger partial charge < -0.3 is 5.11 Å². The van der Waals surface area contributed by atoms with Crippen molar-refractivity contribution >= 4 is 16.2 Å². The molecule has 0 aromatic heterocycles. The van der Waals surface area contributed by atoms with Gasteiger partial charge in [0.2, 0.25) is 0 Å². The SMILES string of the molecule is CC1CCN(S(=O)(=O)N(CCC(=O)O)C(C)(C)C)CC1. The van der Waals surface area contributed by atoms with Gasteiger partial charge in [0, 0.05) is 25.2 Å². The van der Waals surface area contributed by atoms with Crippen LogP contribution in [0.4, 0.5) is 0 Å². The molecule has 1 rings (SSSR count). The molecule has 1 N–H and O–H groups in total. The molecule has 7 heteroatoms. The summed E-state index contributed by atoms with van der Waals surface area (Å²) in [5.74, 6) is -0.440. The lowest BCUT2D eigenvalue weighted by Crippen LogP contribution is -2.54. The Balaban J connectivity index is 2.90. The minimum atomic E-state index is -3.60. The number of carbonyl (C=O) groups is 1. The van der Waals surface area contributed by atoms with Gasteiger partial charge in [0.15, 0.2) is 0 Å². The molecular formula is C13H26N2O4S. The van der Waals surface area contributed by atoms with Crippen molar-refractivity contribution in [3.8, 4) is 0 Å². The number of nitrogens with zero attached hydrogens (tertiary/aromatic N) is 2. The summed E-state index contributed by atoms with van der Waals surface area (Å²) in [7, 11) is -3.60. The van der Waals surface area contributed by atoms with Crippen LogP contribution in [0.5, 0.6) is 0 Å². The second-order valence-corrected chi connectivity index (χ2v) is 8.33. The van der Waals surface area contributed by atoms with E-state index in [9.17, 15) is 13.2 Å². The Labute approximate surface area is 121 Å². The van der Waals surface area contributed by atoms with Crippen molar-refractivity contribution in [3.63, 3.8) is 0 Å². The Morgan fingerprint density at radius 3 is 2.20 bits per heavy atom. The van der Waals surface area contributed by atoms with Gasteiger partial charge in [-0.25, -0.2) is 0 Å². The maximum atomic E-state index is 12.7. The third-order valence-corrected chi connectivity index (χ3v) is 5.93. The molecule has 0 saturated carbocycles. The molecule has 0 aromatic rings. The predicted molar refractivity (Wildman–Crippen MR) is 77.6 cm³/mol. The van der Waals surface area contributed by atoms with Crippen LogP contribution in [0.1, 0.15) is 47.0 Å². The first-order valence-electron chi connectivity index (χ1n) is 7.05. The first kappa shape index (κ1) is 17.4. The lowest BCUT2D eigenvalue weighted by atomic mass is 10.0. The van der Waals surface area contributed by atoms with Crippen molar-refractivity contribution in [1.82, 2.24) is 8.61 Å². The normalized spacial score (nSPS) is 19.4. The van der Waals surface area contributed by atoms with Crippen LogP contribution in [0.3, 0.4) is 0 Å². The third kappa shape index (κ3) is 4.43. The van der Waals surface area contributed by atoms with E-state index in [1.165, 1.54) is 8.61 Å². The molecular weight excluding hydrogens is 280 g/mol. The van der Waals surface area contributed by atoms with E-state index in [0.29, 0.717) is 19.0 Å². The molecule has 118 valence electrons. The highest BCUT2D eigenvalue weighted by Crippen LogP contribution is 2.25. The highest BCUT2D eigenvalue weighted by Gasteiger charge is 2.38. The van der Waals surface area contributed by atoms with E-state index in [1.54, 1.807) is 20.8 Å². The molecule has 0 amide bonds. The van der Waals surface area contributed by atoms with E-state index in [-0.39, 0.29) is 13.0 Å². The molecule has 0 radical (unpaired) electrons. The summed E-state index contributed by atoms with van der Waals surface area (Å²) in [4.78, 5) is 10.7. The minimum absolute atomic E-state index is 0.00716. The maximum Gasteiger partial charge on any atom is 0.304 e. The first-order valence-corrected chi connectivity index (χ1v) is 8.44. The number of rotatable bonds is 5. The Kier molecular flexibility index (Phi) is 5.57. The monoisotopic (exact) mass is 306 g/mol. The molecule has 0 spiro atoms. The molecule has 0 atom stereocenters. The van der Waals surface area contributed by atoms with E-state index in [4.69, 9.17) is 5.11 Å². The lowest BCUT2D eigenvalue weighted by molar-refractivity contribution is -0.137. The van der Waals surface area contributed by atoms with Gasteiger partial charge in [0.1, 0.15) is 0 Å². The number of carboxylic acids is 1. The van der Waals surface area contributed by atoms with E-state index >= 15 is 0 Å². The van der Waals surface area contributed by atoms with E-state index in [2.05, 4.69) is 6.92 Å². The predicted octanol–water partition coefficient (Wildman–Crippen LogP) is 1.54. The van der Waals surface area contributed by atoms with Crippen LogP contribution < -0.4 is 0 Å².